The van der Waals surface area contributed by atoms with Crippen molar-refractivity contribution in [3.63, 3.8) is 0 Å². The van der Waals surface area contributed by atoms with Crippen LogP contribution in [0.15, 0.2) is 11.4 Å². The van der Waals surface area contributed by atoms with Gasteiger partial charge in [-0.05, 0) is 17.9 Å². The maximum atomic E-state index is 11.6. The van der Waals surface area contributed by atoms with Crippen LogP contribution in [0, 0.1) is 12.3 Å². The Hall–Kier alpha value is -2.00. The number of carboxylic acids is 1. The summed E-state index contributed by atoms with van der Waals surface area (Å²) in [7, 11) is 0. The minimum atomic E-state index is -1.08. The molecule has 1 aromatic heterocycles. The summed E-state index contributed by atoms with van der Waals surface area (Å²) in [5, 5.41) is 15.9. The molecule has 0 aliphatic carbocycles. The lowest BCUT2D eigenvalue weighted by Gasteiger charge is -2.12. The van der Waals surface area contributed by atoms with Gasteiger partial charge in [0.1, 0.15) is 5.00 Å². The summed E-state index contributed by atoms with van der Waals surface area (Å²) in [6.07, 6.45) is 6.81. The monoisotopic (exact) mass is 266 g/mol. The van der Waals surface area contributed by atoms with Gasteiger partial charge in [-0.1, -0.05) is 19.3 Å². The average molecular weight is 266 g/mol. The number of hydrogen-bond acceptors (Lipinski definition) is 3. The first-order chi connectivity index (χ1) is 8.58. The van der Waals surface area contributed by atoms with Crippen LogP contribution in [-0.4, -0.2) is 23.1 Å². The van der Waals surface area contributed by atoms with Crippen molar-refractivity contribution in [3.8, 4) is 12.3 Å². The lowest BCUT2D eigenvalue weighted by Crippen LogP contribution is -2.37. The third-order valence-electron chi connectivity index (χ3n) is 2.21. The van der Waals surface area contributed by atoms with Gasteiger partial charge in [-0.15, -0.1) is 17.8 Å². The van der Waals surface area contributed by atoms with Crippen LogP contribution in [0.4, 0.5) is 9.80 Å². The first-order valence-corrected chi connectivity index (χ1v) is 6.30. The van der Waals surface area contributed by atoms with Gasteiger partial charge in [0.15, 0.2) is 0 Å². The van der Waals surface area contributed by atoms with Crippen molar-refractivity contribution in [3.05, 3.63) is 17.0 Å². The number of carbonyl (C=O) groups excluding carboxylic acids is 1. The molecule has 1 unspecified atom stereocenters. The number of nitrogens with one attached hydrogen (secondary N) is 2. The zero-order chi connectivity index (χ0) is 13.5. The Kier molecular flexibility index (Phi) is 5.21. The standard InChI is InChI=1S/C12H14N2O3S/c1-3-5-8(4-2)13-12(17)14-10-9(11(15)16)6-7-18-10/h2,6-8H,3,5H2,1H3,(H,15,16)(H2,13,14,17). The van der Waals surface area contributed by atoms with Gasteiger partial charge in [0, 0.05) is 0 Å². The molecule has 0 radical (unpaired) electrons. The van der Waals surface area contributed by atoms with Crippen molar-refractivity contribution < 1.29 is 14.7 Å². The van der Waals surface area contributed by atoms with E-state index in [1.54, 1.807) is 5.38 Å². The van der Waals surface area contributed by atoms with Crippen LogP contribution in [0.2, 0.25) is 0 Å². The molecule has 0 bridgehead atoms. The van der Waals surface area contributed by atoms with Gasteiger partial charge in [-0.25, -0.2) is 9.59 Å². The van der Waals surface area contributed by atoms with E-state index >= 15 is 0 Å². The number of carboxylic acid groups (broad SMARTS) is 1. The Morgan fingerprint density at radius 3 is 2.89 bits per heavy atom. The lowest BCUT2D eigenvalue weighted by atomic mass is 10.2. The molecule has 1 rings (SSSR count). The Bertz CT molecular complexity index is 476. The van der Waals surface area contributed by atoms with E-state index in [1.165, 1.54) is 6.07 Å². The van der Waals surface area contributed by atoms with Crippen LogP contribution in [0.1, 0.15) is 30.1 Å². The summed E-state index contributed by atoms with van der Waals surface area (Å²) in [4.78, 5) is 22.5. The number of terminal acetylenes is 1. The van der Waals surface area contributed by atoms with Crippen molar-refractivity contribution in [1.29, 1.82) is 0 Å². The Balaban J connectivity index is 2.62. The van der Waals surface area contributed by atoms with E-state index in [4.69, 9.17) is 11.5 Å². The van der Waals surface area contributed by atoms with Crippen molar-refractivity contribution in [2.75, 3.05) is 5.32 Å². The molecule has 0 saturated carbocycles. The fraction of sp³-hybridized carbons (Fsp3) is 0.333. The molecule has 6 heteroatoms. The second kappa shape index (κ2) is 6.67. The largest absolute Gasteiger partial charge is 0.478 e. The molecule has 5 nitrogen and oxygen atoms in total. The van der Waals surface area contributed by atoms with Gasteiger partial charge < -0.3 is 10.4 Å². The van der Waals surface area contributed by atoms with E-state index in [1.807, 2.05) is 6.92 Å². The van der Waals surface area contributed by atoms with Crippen LogP contribution >= 0.6 is 11.3 Å². The van der Waals surface area contributed by atoms with Crippen LogP contribution in [0.5, 0.6) is 0 Å². The Morgan fingerprint density at radius 2 is 2.33 bits per heavy atom. The molecule has 0 aliphatic heterocycles. The molecule has 96 valence electrons. The summed E-state index contributed by atoms with van der Waals surface area (Å²) >= 11 is 1.15. The van der Waals surface area contributed by atoms with E-state index in [0.717, 1.165) is 17.8 Å². The van der Waals surface area contributed by atoms with Gasteiger partial charge in [0.25, 0.3) is 0 Å². The second-order valence-corrected chi connectivity index (χ2v) is 4.49. The number of carbonyl (C=O) groups is 2. The summed E-state index contributed by atoms with van der Waals surface area (Å²) in [5.74, 6) is 1.39. The van der Waals surface area contributed by atoms with Gasteiger partial charge in [0.05, 0.1) is 11.6 Å². The quantitative estimate of drug-likeness (QED) is 0.716. The molecular formula is C12H14N2O3S. The van der Waals surface area contributed by atoms with Crippen LogP contribution in [0.25, 0.3) is 0 Å². The predicted molar refractivity (Wildman–Crippen MR) is 71.0 cm³/mol. The number of aromatic carboxylic acids is 1. The molecule has 0 fully saturated rings. The average Bonchev–Trinajstić information content (AvgIpc) is 2.76. The minimum Gasteiger partial charge on any atom is -0.478 e. The highest BCUT2D eigenvalue weighted by Gasteiger charge is 2.15. The SMILES string of the molecule is C#CC(CCC)NC(=O)Nc1sccc1C(=O)O. The summed E-state index contributed by atoms with van der Waals surface area (Å²) in [5.41, 5.74) is 0.0721. The summed E-state index contributed by atoms with van der Waals surface area (Å²) in [6.45, 7) is 1.96. The van der Waals surface area contributed by atoms with Gasteiger partial charge in [0.2, 0.25) is 0 Å². The van der Waals surface area contributed by atoms with Gasteiger partial charge in [-0.3, -0.25) is 5.32 Å². The number of amides is 2. The zero-order valence-electron chi connectivity index (χ0n) is 9.90. The van der Waals surface area contributed by atoms with Crippen LogP contribution < -0.4 is 10.6 Å². The summed E-state index contributed by atoms with van der Waals surface area (Å²) in [6, 6.07) is 0.604. The molecule has 2 amide bonds. The molecule has 1 heterocycles. The molecule has 0 saturated heterocycles. The van der Waals surface area contributed by atoms with E-state index in [2.05, 4.69) is 16.6 Å². The molecule has 0 spiro atoms. The minimum absolute atomic E-state index is 0.0721. The molecule has 0 aliphatic rings. The highest BCUT2D eigenvalue weighted by molar-refractivity contribution is 7.14. The zero-order valence-corrected chi connectivity index (χ0v) is 10.7. The number of rotatable bonds is 5. The molecular weight excluding hydrogens is 252 g/mol. The van der Waals surface area contributed by atoms with Crippen molar-refractivity contribution in [1.82, 2.24) is 5.32 Å². The lowest BCUT2D eigenvalue weighted by molar-refractivity contribution is 0.0698. The third kappa shape index (κ3) is 3.79. The van der Waals surface area contributed by atoms with Crippen LogP contribution in [0.3, 0.4) is 0 Å². The number of anilines is 1. The molecule has 1 aromatic rings. The third-order valence-corrected chi connectivity index (χ3v) is 3.04. The van der Waals surface area contributed by atoms with E-state index in [-0.39, 0.29) is 11.6 Å². The number of hydrogen-bond donors (Lipinski definition) is 3. The first kappa shape index (κ1) is 14.1. The Labute approximate surface area is 109 Å². The normalized spacial score (nSPS) is 11.3. The van der Waals surface area contributed by atoms with Gasteiger partial charge >= 0.3 is 12.0 Å². The second-order valence-electron chi connectivity index (χ2n) is 3.57. The molecule has 3 N–H and O–H groups in total. The highest BCUT2D eigenvalue weighted by atomic mass is 32.1. The fourth-order valence-electron chi connectivity index (χ4n) is 1.36. The first-order valence-electron chi connectivity index (χ1n) is 5.43. The van der Waals surface area contributed by atoms with Crippen molar-refractivity contribution in [2.24, 2.45) is 0 Å². The van der Waals surface area contributed by atoms with Crippen molar-refractivity contribution >= 4 is 28.3 Å². The molecule has 1 atom stereocenters. The fourth-order valence-corrected chi connectivity index (χ4v) is 2.13. The van der Waals surface area contributed by atoms with Crippen molar-refractivity contribution in [2.45, 2.75) is 25.8 Å². The van der Waals surface area contributed by atoms with Crippen LogP contribution in [-0.2, 0) is 0 Å². The molecule has 0 aromatic carbocycles. The highest BCUT2D eigenvalue weighted by Crippen LogP contribution is 2.22. The predicted octanol–water partition coefficient (Wildman–Crippen LogP) is 2.37. The van der Waals surface area contributed by atoms with E-state index in [0.29, 0.717) is 11.4 Å². The topological polar surface area (TPSA) is 78.4 Å². The number of urea groups is 1. The maximum Gasteiger partial charge on any atom is 0.338 e. The molecule has 18 heavy (non-hydrogen) atoms. The maximum absolute atomic E-state index is 11.6. The smallest absolute Gasteiger partial charge is 0.338 e. The number of thiophene rings is 1. The van der Waals surface area contributed by atoms with Gasteiger partial charge in [-0.2, -0.15) is 0 Å². The van der Waals surface area contributed by atoms with E-state index < -0.39 is 12.0 Å². The summed E-state index contributed by atoms with van der Waals surface area (Å²) < 4.78 is 0. The van der Waals surface area contributed by atoms with E-state index in [9.17, 15) is 9.59 Å². The Morgan fingerprint density at radius 1 is 1.61 bits per heavy atom.